The molecule has 1 aromatic carbocycles. The first-order valence-corrected chi connectivity index (χ1v) is 8.31. The number of halogens is 1. The van der Waals surface area contributed by atoms with Crippen molar-refractivity contribution in [3.63, 3.8) is 0 Å². The Kier molecular flexibility index (Phi) is 4.10. The van der Waals surface area contributed by atoms with Crippen molar-refractivity contribution in [3.05, 3.63) is 71.6 Å². The van der Waals surface area contributed by atoms with E-state index in [0.29, 0.717) is 28.0 Å². The summed E-state index contributed by atoms with van der Waals surface area (Å²) in [5, 5.41) is 7.95. The number of anilines is 1. The van der Waals surface area contributed by atoms with Gasteiger partial charge in [-0.1, -0.05) is 41.9 Å². The van der Waals surface area contributed by atoms with Crippen molar-refractivity contribution in [2.24, 2.45) is 7.05 Å². The lowest BCUT2D eigenvalue weighted by Gasteiger charge is -2.09. The Balaban J connectivity index is 1.83. The van der Waals surface area contributed by atoms with Gasteiger partial charge < -0.3 is 5.32 Å². The second kappa shape index (κ2) is 6.57. The van der Waals surface area contributed by atoms with Crippen LogP contribution < -0.4 is 5.32 Å². The second-order valence-electron chi connectivity index (χ2n) is 5.72. The number of nitrogens with zero attached hydrogens (tertiary/aromatic N) is 4. The van der Waals surface area contributed by atoms with Crippen molar-refractivity contribution in [2.45, 2.75) is 0 Å². The number of hydrogen-bond donors (Lipinski definition) is 1. The van der Waals surface area contributed by atoms with Gasteiger partial charge in [-0.05, 0) is 18.2 Å². The molecule has 0 saturated carbocycles. The van der Waals surface area contributed by atoms with E-state index in [-0.39, 0.29) is 11.1 Å². The summed E-state index contributed by atoms with van der Waals surface area (Å²) >= 11 is 6.05. The molecule has 3 aromatic heterocycles. The number of aromatic nitrogens is 4. The predicted octanol–water partition coefficient (Wildman–Crippen LogP) is 3.94. The third-order valence-corrected chi connectivity index (χ3v) is 4.33. The van der Waals surface area contributed by atoms with Gasteiger partial charge in [0.05, 0.1) is 28.5 Å². The second-order valence-corrected chi connectivity index (χ2v) is 6.08. The average molecular weight is 364 g/mol. The van der Waals surface area contributed by atoms with E-state index < -0.39 is 0 Å². The molecule has 1 N–H and O–H groups in total. The summed E-state index contributed by atoms with van der Waals surface area (Å²) in [7, 11) is 1.80. The number of carbonyl (C=O) groups is 1. The van der Waals surface area contributed by atoms with Crippen molar-refractivity contribution >= 4 is 34.2 Å². The molecule has 0 aliphatic heterocycles. The number of aryl methyl sites for hydroxylation is 1. The first-order chi connectivity index (χ1) is 12.6. The van der Waals surface area contributed by atoms with E-state index in [1.165, 1.54) is 0 Å². The number of rotatable bonds is 3. The van der Waals surface area contributed by atoms with Crippen LogP contribution in [0.5, 0.6) is 0 Å². The van der Waals surface area contributed by atoms with Crippen LogP contribution >= 0.6 is 11.6 Å². The number of hydrogen-bond acceptors (Lipinski definition) is 4. The lowest BCUT2D eigenvalue weighted by molar-refractivity contribution is 0.102. The fraction of sp³-hybridized carbons (Fsp3) is 0.0526. The fourth-order valence-corrected chi connectivity index (χ4v) is 2.89. The third-order valence-electron chi connectivity index (χ3n) is 4.03. The summed E-state index contributed by atoms with van der Waals surface area (Å²) in [5.41, 5.74) is 3.18. The molecule has 128 valence electrons. The summed E-state index contributed by atoms with van der Waals surface area (Å²) < 4.78 is 1.65. The molecule has 0 radical (unpaired) electrons. The quantitative estimate of drug-likeness (QED) is 0.559. The largest absolute Gasteiger partial charge is 0.319 e. The summed E-state index contributed by atoms with van der Waals surface area (Å²) in [6.45, 7) is 0. The maximum atomic E-state index is 12.9. The zero-order valence-corrected chi connectivity index (χ0v) is 14.6. The Morgan fingerprint density at radius 1 is 1.15 bits per heavy atom. The zero-order chi connectivity index (χ0) is 18.1. The molecule has 7 heteroatoms. The van der Waals surface area contributed by atoms with Gasteiger partial charge in [-0.15, -0.1) is 0 Å². The molecule has 0 saturated heterocycles. The Labute approximate surface area is 154 Å². The summed E-state index contributed by atoms with van der Waals surface area (Å²) in [6, 6.07) is 14.9. The molecule has 0 aliphatic rings. The van der Waals surface area contributed by atoms with Crippen LogP contribution in [0.25, 0.3) is 22.3 Å². The van der Waals surface area contributed by atoms with Crippen LogP contribution in [0.2, 0.25) is 5.15 Å². The van der Waals surface area contributed by atoms with E-state index in [4.69, 9.17) is 11.6 Å². The lowest BCUT2D eigenvalue weighted by Crippen LogP contribution is -2.13. The summed E-state index contributed by atoms with van der Waals surface area (Å²) in [6.07, 6.45) is 3.20. The van der Waals surface area contributed by atoms with Crippen LogP contribution in [0.4, 0.5) is 5.69 Å². The smallest absolute Gasteiger partial charge is 0.256 e. The molecule has 26 heavy (non-hydrogen) atoms. The van der Waals surface area contributed by atoms with E-state index in [0.717, 1.165) is 5.56 Å². The molecule has 0 bridgehead atoms. The van der Waals surface area contributed by atoms with Crippen LogP contribution in [0, 0.1) is 0 Å². The highest BCUT2D eigenvalue weighted by Gasteiger charge is 2.17. The van der Waals surface area contributed by atoms with E-state index in [2.05, 4.69) is 20.4 Å². The number of carbonyl (C=O) groups excluding carboxylic acids is 1. The molecular weight excluding hydrogens is 350 g/mol. The number of benzene rings is 1. The van der Waals surface area contributed by atoms with Crippen molar-refractivity contribution in [1.29, 1.82) is 0 Å². The standard InChI is InChI=1S/C19H14ClN5O/c1-25-18-14(11-22-25)13(10-16(23-18)12-6-3-2-4-7-12)19(26)24-15-8-5-9-21-17(15)20/h2-11H,1H3,(H,24,26). The predicted molar refractivity (Wildman–Crippen MR) is 101 cm³/mol. The van der Waals surface area contributed by atoms with Crippen LogP contribution in [-0.4, -0.2) is 25.7 Å². The van der Waals surface area contributed by atoms with Gasteiger partial charge in [-0.25, -0.2) is 9.97 Å². The Hall–Kier alpha value is -3.25. The first kappa shape index (κ1) is 16.2. The summed E-state index contributed by atoms with van der Waals surface area (Å²) in [5.74, 6) is -0.294. The van der Waals surface area contributed by atoms with Gasteiger partial charge >= 0.3 is 0 Å². The molecule has 0 unspecified atom stereocenters. The van der Waals surface area contributed by atoms with Gasteiger partial charge in [0.25, 0.3) is 5.91 Å². The number of pyridine rings is 2. The highest BCUT2D eigenvalue weighted by molar-refractivity contribution is 6.32. The molecule has 4 aromatic rings. The minimum Gasteiger partial charge on any atom is -0.319 e. The maximum Gasteiger partial charge on any atom is 0.256 e. The fourth-order valence-electron chi connectivity index (χ4n) is 2.73. The normalized spacial score (nSPS) is 10.8. The Morgan fingerprint density at radius 3 is 2.73 bits per heavy atom. The van der Waals surface area contributed by atoms with Crippen LogP contribution in [0.15, 0.2) is 60.9 Å². The van der Waals surface area contributed by atoms with Gasteiger partial charge in [-0.3, -0.25) is 9.48 Å². The van der Waals surface area contributed by atoms with Crippen LogP contribution in [0.3, 0.4) is 0 Å². The van der Waals surface area contributed by atoms with E-state index in [9.17, 15) is 4.79 Å². The SMILES string of the molecule is Cn1ncc2c(C(=O)Nc3cccnc3Cl)cc(-c3ccccc3)nc21. The van der Waals surface area contributed by atoms with Crippen molar-refractivity contribution < 1.29 is 4.79 Å². The van der Waals surface area contributed by atoms with Crippen molar-refractivity contribution in [3.8, 4) is 11.3 Å². The number of nitrogens with one attached hydrogen (secondary N) is 1. The molecule has 0 fully saturated rings. The van der Waals surface area contributed by atoms with Crippen molar-refractivity contribution in [2.75, 3.05) is 5.32 Å². The highest BCUT2D eigenvalue weighted by atomic mass is 35.5. The molecule has 0 spiro atoms. The summed E-state index contributed by atoms with van der Waals surface area (Å²) in [4.78, 5) is 21.5. The monoisotopic (exact) mass is 363 g/mol. The average Bonchev–Trinajstić information content (AvgIpc) is 3.04. The van der Waals surface area contributed by atoms with E-state index >= 15 is 0 Å². The molecule has 0 aliphatic carbocycles. The minimum absolute atomic E-state index is 0.237. The highest BCUT2D eigenvalue weighted by Crippen LogP contribution is 2.26. The van der Waals surface area contributed by atoms with Gasteiger partial charge in [-0.2, -0.15) is 5.10 Å². The van der Waals surface area contributed by atoms with Crippen molar-refractivity contribution in [1.82, 2.24) is 19.7 Å². The molecule has 4 rings (SSSR count). The topological polar surface area (TPSA) is 72.7 Å². The molecule has 6 nitrogen and oxygen atoms in total. The first-order valence-electron chi connectivity index (χ1n) is 7.93. The van der Waals surface area contributed by atoms with Gasteiger partial charge in [0.1, 0.15) is 0 Å². The number of amides is 1. The number of fused-ring (bicyclic) bond motifs is 1. The zero-order valence-electron chi connectivity index (χ0n) is 13.8. The molecular formula is C19H14ClN5O. The Morgan fingerprint density at radius 2 is 1.96 bits per heavy atom. The molecule has 3 heterocycles. The van der Waals surface area contributed by atoms with Gasteiger partial charge in [0, 0.05) is 18.8 Å². The van der Waals surface area contributed by atoms with Crippen LogP contribution in [0.1, 0.15) is 10.4 Å². The van der Waals surface area contributed by atoms with Gasteiger partial charge in [0.15, 0.2) is 10.8 Å². The van der Waals surface area contributed by atoms with E-state index in [1.54, 1.807) is 42.3 Å². The maximum absolute atomic E-state index is 12.9. The molecule has 1 amide bonds. The van der Waals surface area contributed by atoms with E-state index in [1.807, 2.05) is 30.3 Å². The minimum atomic E-state index is -0.294. The lowest BCUT2D eigenvalue weighted by atomic mass is 10.1. The van der Waals surface area contributed by atoms with Gasteiger partial charge in [0.2, 0.25) is 0 Å². The van der Waals surface area contributed by atoms with Crippen LogP contribution in [-0.2, 0) is 7.05 Å². The Bertz CT molecular complexity index is 1110. The third kappa shape index (κ3) is 2.91. The molecule has 0 atom stereocenters.